The molecule has 0 aromatic heterocycles. The Labute approximate surface area is 184 Å². The molecule has 1 heterocycles. The number of aliphatic carboxylic acids is 1. The van der Waals surface area contributed by atoms with Gasteiger partial charge in [-0.2, -0.15) is 13.2 Å². The predicted octanol–water partition coefficient (Wildman–Crippen LogP) is 2.37. The molecule has 0 saturated carbocycles. The minimum atomic E-state index is -4.86. The number of halogens is 4. The van der Waals surface area contributed by atoms with Gasteiger partial charge >= 0.3 is 41.7 Å². The Hall–Kier alpha value is -0.890. The topological polar surface area (TPSA) is 55.8 Å². The predicted molar refractivity (Wildman–Crippen MR) is 93.0 cm³/mol. The van der Waals surface area contributed by atoms with E-state index in [4.69, 9.17) is 26.2 Å². The molecule has 4 nitrogen and oxygen atoms in total. The molecule has 0 spiro atoms. The van der Waals surface area contributed by atoms with Crippen molar-refractivity contribution in [3.05, 3.63) is 27.8 Å². The van der Waals surface area contributed by atoms with Crippen LogP contribution in [0, 0.1) is 12.8 Å². The molecule has 0 radical (unpaired) electrons. The number of ether oxygens (including phenoxy) is 2. The minimum Gasteiger partial charge on any atom is -1.00 e. The molecule has 0 bridgehead atoms. The van der Waals surface area contributed by atoms with Crippen molar-refractivity contribution in [2.24, 2.45) is 5.92 Å². The largest absolute Gasteiger partial charge is 1.00 e. The summed E-state index contributed by atoms with van der Waals surface area (Å²) in [4.78, 5) is 11.2. The standard InChI is InChI=1S/C18H20ClF3O4.Na.H/c1-4-10(5-2)8-25-15-9(3)14-11(7-13(15)19)6-12(17(23)24)16(26-14)18(20,21)22;;/h6-7,10,16H,4-5,8H2,1-3H3,(H,23,24);;/q;+1;-1. The average molecular weight is 417 g/mol. The Balaban J connectivity index is 0.00000364. The van der Waals surface area contributed by atoms with Gasteiger partial charge in [0.1, 0.15) is 11.5 Å². The van der Waals surface area contributed by atoms with E-state index in [0.717, 1.165) is 18.9 Å². The summed E-state index contributed by atoms with van der Waals surface area (Å²) in [5.74, 6) is -1.21. The van der Waals surface area contributed by atoms with Crippen molar-refractivity contribution < 1.29 is 63.5 Å². The van der Waals surface area contributed by atoms with Gasteiger partial charge in [-0.05, 0) is 25.0 Å². The van der Waals surface area contributed by atoms with Crippen molar-refractivity contribution >= 4 is 23.6 Å². The van der Waals surface area contributed by atoms with Crippen LogP contribution in [0.1, 0.15) is 39.2 Å². The fourth-order valence-electron chi connectivity index (χ4n) is 2.77. The van der Waals surface area contributed by atoms with E-state index in [-0.39, 0.29) is 53.1 Å². The SMILES string of the molecule is CCC(CC)COc1c(Cl)cc2c(c1C)OC(C(F)(F)F)C(C(=O)O)=C2.[H-].[Na+]. The third-order valence-corrected chi connectivity index (χ3v) is 4.71. The molecule has 0 amide bonds. The molecule has 0 aliphatic carbocycles. The molecule has 27 heavy (non-hydrogen) atoms. The van der Waals surface area contributed by atoms with Gasteiger partial charge in [-0.1, -0.05) is 38.3 Å². The number of hydrogen-bond donors (Lipinski definition) is 1. The van der Waals surface area contributed by atoms with E-state index in [0.29, 0.717) is 18.1 Å². The van der Waals surface area contributed by atoms with Gasteiger partial charge in [0.25, 0.3) is 0 Å². The van der Waals surface area contributed by atoms with Gasteiger partial charge in [-0.25, -0.2) is 4.79 Å². The van der Waals surface area contributed by atoms with Crippen molar-refractivity contribution in [3.8, 4) is 11.5 Å². The summed E-state index contributed by atoms with van der Waals surface area (Å²) >= 11 is 6.21. The van der Waals surface area contributed by atoms with Crippen LogP contribution in [0.25, 0.3) is 6.08 Å². The molecule has 1 aromatic carbocycles. The number of benzene rings is 1. The molecule has 1 unspecified atom stereocenters. The summed E-state index contributed by atoms with van der Waals surface area (Å²) in [6.45, 7) is 5.97. The smallest absolute Gasteiger partial charge is 1.00 e. The average Bonchev–Trinajstić information content (AvgIpc) is 2.56. The number of rotatable bonds is 6. The molecule has 146 valence electrons. The number of alkyl halides is 3. The first-order chi connectivity index (χ1) is 12.1. The molecule has 1 aliphatic heterocycles. The number of fused-ring (bicyclic) bond motifs is 1. The first-order valence-electron chi connectivity index (χ1n) is 8.24. The summed E-state index contributed by atoms with van der Waals surface area (Å²) in [6.07, 6.45) is -4.66. The maximum absolute atomic E-state index is 13.2. The second-order valence-corrected chi connectivity index (χ2v) is 6.58. The van der Waals surface area contributed by atoms with E-state index in [1.807, 2.05) is 13.8 Å². The Bertz CT molecular complexity index is 737. The number of carboxylic acid groups (broad SMARTS) is 1. The van der Waals surface area contributed by atoms with Gasteiger partial charge in [-0.15, -0.1) is 0 Å². The number of carbonyl (C=O) groups is 1. The van der Waals surface area contributed by atoms with E-state index in [1.54, 1.807) is 6.92 Å². The van der Waals surface area contributed by atoms with Crippen molar-refractivity contribution in [2.45, 2.75) is 45.9 Å². The zero-order valence-corrected chi connectivity index (χ0v) is 18.4. The summed E-state index contributed by atoms with van der Waals surface area (Å²) < 4.78 is 50.4. The minimum absolute atomic E-state index is 0. The summed E-state index contributed by atoms with van der Waals surface area (Å²) in [6, 6.07) is 1.36. The number of carboxylic acids is 1. The van der Waals surface area contributed by atoms with Crippen molar-refractivity contribution in [1.29, 1.82) is 0 Å². The molecule has 2 rings (SSSR count). The van der Waals surface area contributed by atoms with Crippen LogP contribution in [-0.2, 0) is 4.79 Å². The van der Waals surface area contributed by atoms with Crippen molar-refractivity contribution in [1.82, 2.24) is 0 Å². The molecule has 0 fully saturated rings. The molecule has 1 N–H and O–H groups in total. The summed E-state index contributed by atoms with van der Waals surface area (Å²) in [7, 11) is 0. The van der Waals surface area contributed by atoms with Gasteiger partial charge in [0, 0.05) is 11.1 Å². The quantitative estimate of drug-likeness (QED) is 0.723. The van der Waals surface area contributed by atoms with Crippen LogP contribution in [0.4, 0.5) is 13.2 Å². The second kappa shape index (κ2) is 9.54. The number of hydrogen-bond acceptors (Lipinski definition) is 3. The van der Waals surface area contributed by atoms with Crippen LogP contribution >= 0.6 is 11.6 Å². The Morgan fingerprint density at radius 2 is 2.00 bits per heavy atom. The van der Waals surface area contributed by atoms with Crippen molar-refractivity contribution in [3.63, 3.8) is 0 Å². The fourth-order valence-corrected chi connectivity index (χ4v) is 3.09. The second-order valence-electron chi connectivity index (χ2n) is 6.17. The Morgan fingerprint density at radius 1 is 1.41 bits per heavy atom. The molecule has 0 saturated heterocycles. The summed E-state index contributed by atoms with van der Waals surface area (Å²) in [5, 5.41) is 9.28. The molecule has 9 heteroatoms. The molecular formula is C18H21ClF3NaO4. The fraction of sp³-hybridized carbons (Fsp3) is 0.500. The van der Waals surface area contributed by atoms with Crippen LogP contribution in [0.15, 0.2) is 11.6 Å². The van der Waals surface area contributed by atoms with Gasteiger partial charge in [0.2, 0.25) is 6.10 Å². The van der Waals surface area contributed by atoms with Gasteiger partial charge < -0.3 is 16.0 Å². The van der Waals surface area contributed by atoms with E-state index in [2.05, 4.69) is 0 Å². The zero-order chi connectivity index (χ0) is 19.6. The van der Waals surface area contributed by atoms with Gasteiger partial charge in [0.15, 0.2) is 0 Å². The van der Waals surface area contributed by atoms with E-state index in [1.165, 1.54) is 6.07 Å². The van der Waals surface area contributed by atoms with E-state index >= 15 is 0 Å². The molecule has 1 aromatic rings. The van der Waals surface area contributed by atoms with Crippen molar-refractivity contribution in [2.75, 3.05) is 6.61 Å². The van der Waals surface area contributed by atoms with Crippen LogP contribution in [0.3, 0.4) is 0 Å². The third-order valence-electron chi connectivity index (χ3n) is 4.43. The maximum atomic E-state index is 13.2. The molecule has 1 atom stereocenters. The van der Waals surface area contributed by atoms with Crippen LogP contribution in [0.2, 0.25) is 5.02 Å². The Kier molecular flexibility index (Phi) is 8.53. The maximum Gasteiger partial charge on any atom is 1.00 e. The van der Waals surface area contributed by atoms with Crippen LogP contribution in [0.5, 0.6) is 11.5 Å². The third kappa shape index (κ3) is 5.34. The van der Waals surface area contributed by atoms with Crippen LogP contribution < -0.4 is 39.0 Å². The normalized spacial score (nSPS) is 16.1. The van der Waals surface area contributed by atoms with Gasteiger partial charge in [-0.3, -0.25) is 0 Å². The summed E-state index contributed by atoms with van der Waals surface area (Å²) in [5.41, 5.74) is -0.389. The molecule has 1 aliphatic rings. The first kappa shape index (κ1) is 24.1. The molecular weight excluding hydrogens is 396 g/mol. The van der Waals surface area contributed by atoms with E-state index < -0.39 is 23.8 Å². The van der Waals surface area contributed by atoms with E-state index in [9.17, 15) is 18.0 Å². The Morgan fingerprint density at radius 3 is 2.48 bits per heavy atom. The zero-order valence-electron chi connectivity index (χ0n) is 16.6. The monoisotopic (exact) mass is 416 g/mol. The van der Waals surface area contributed by atoms with Crippen LogP contribution in [-0.4, -0.2) is 30.0 Å². The van der Waals surface area contributed by atoms with Gasteiger partial charge in [0.05, 0.1) is 17.2 Å². The first-order valence-corrected chi connectivity index (χ1v) is 8.62.